The molecule has 0 fully saturated rings. The van der Waals surface area contributed by atoms with Gasteiger partial charge in [0.1, 0.15) is 0 Å². The molecule has 2 nitrogen and oxygen atoms in total. The first-order chi connectivity index (χ1) is 10.7. The van der Waals surface area contributed by atoms with Gasteiger partial charge in [-0.2, -0.15) is 0 Å². The number of halogens is 2. The highest BCUT2D eigenvalue weighted by Crippen LogP contribution is 2.25. The molecule has 0 radical (unpaired) electrons. The van der Waals surface area contributed by atoms with Gasteiger partial charge in [0.15, 0.2) is 0 Å². The molecule has 2 aromatic carbocycles. The van der Waals surface area contributed by atoms with Crippen LogP contribution in [0.4, 0.5) is 0 Å². The van der Waals surface area contributed by atoms with Crippen molar-refractivity contribution in [3.63, 3.8) is 0 Å². The van der Waals surface area contributed by atoms with Crippen LogP contribution in [-0.2, 0) is 5.41 Å². The maximum atomic E-state index is 12.3. The van der Waals surface area contributed by atoms with Crippen molar-refractivity contribution < 1.29 is 4.79 Å². The topological polar surface area (TPSA) is 29.1 Å². The molecule has 0 aliphatic heterocycles. The number of rotatable bonds is 3. The predicted molar refractivity (Wildman–Crippen MR) is 97.5 cm³/mol. The van der Waals surface area contributed by atoms with Crippen molar-refractivity contribution in [1.29, 1.82) is 0 Å². The van der Waals surface area contributed by atoms with Crippen molar-refractivity contribution in [2.75, 3.05) is 0 Å². The Morgan fingerprint density at radius 1 is 1.04 bits per heavy atom. The minimum atomic E-state index is -0.209. The van der Waals surface area contributed by atoms with E-state index in [9.17, 15) is 4.79 Å². The van der Waals surface area contributed by atoms with Gasteiger partial charge in [0.05, 0.1) is 16.6 Å². The summed E-state index contributed by atoms with van der Waals surface area (Å²) in [6.07, 6.45) is 0. The second-order valence-electron chi connectivity index (χ2n) is 6.69. The fourth-order valence-corrected chi connectivity index (χ4v) is 2.80. The van der Waals surface area contributed by atoms with E-state index in [2.05, 4.69) is 50.4 Å². The Morgan fingerprint density at radius 2 is 1.65 bits per heavy atom. The zero-order chi connectivity index (χ0) is 17.2. The van der Waals surface area contributed by atoms with Crippen LogP contribution in [0.25, 0.3) is 0 Å². The second-order valence-corrected chi connectivity index (χ2v) is 7.53. The number of benzene rings is 2. The van der Waals surface area contributed by atoms with Gasteiger partial charge in [-0.25, -0.2) is 0 Å². The summed E-state index contributed by atoms with van der Waals surface area (Å²) in [6, 6.07) is 13.1. The molecule has 0 saturated heterocycles. The fourth-order valence-electron chi connectivity index (χ4n) is 2.30. The molecular weight excluding hydrogens is 329 g/mol. The second kappa shape index (κ2) is 6.94. The van der Waals surface area contributed by atoms with E-state index >= 15 is 0 Å². The molecule has 0 saturated carbocycles. The first kappa shape index (κ1) is 17.8. The summed E-state index contributed by atoms with van der Waals surface area (Å²) in [7, 11) is 0. The van der Waals surface area contributed by atoms with Crippen LogP contribution >= 0.6 is 23.2 Å². The number of nitrogens with one attached hydrogen (secondary N) is 1. The van der Waals surface area contributed by atoms with Gasteiger partial charge in [-0.15, -0.1) is 0 Å². The Hall–Kier alpha value is -1.51. The zero-order valence-corrected chi connectivity index (χ0v) is 15.3. The standard InChI is InChI=1S/C19H21Cl2NO/c1-12(13-5-7-14(8-6-13)19(2,3)4)22-18(23)16-10-9-15(20)11-17(16)21/h5-12H,1-4H3,(H,22,23)/t12-/m1/s1. The summed E-state index contributed by atoms with van der Waals surface area (Å²) >= 11 is 11.9. The highest BCUT2D eigenvalue weighted by molar-refractivity contribution is 6.36. The maximum absolute atomic E-state index is 12.3. The van der Waals surface area contributed by atoms with Crippen LogP contribution in [0, 0.1) is 0 Å². The largest absolute Gasteiger partial charge is 0.345 e. The van der Waals surface area contributed by atoms with Gasteiger partial charge < -0.3 is 5.32 Å². The van der Waals surface area contributed by atoms with Gasteiger partial charge in [0.25, 0.3) is 5.91 Å². The summed E-state index contributed by atoms with van der Waals surface area (Å²) < 4.78 is 0. The third kappa shape index (κ3) is 4.49. The molecule has 2 rings (SSSR count). The first-order valence-electron chi connectivity index (χ1n) is 7.55. The minimum absolute atomic E-state index is 0.108. The lowest BCUT2D eigenvalue weighted by atomic mass is 9.86. The van der Waals surface area contributed by atoms with Crippen LogP contribution in [0.5, 0.6) is 0 Å². The minimum Gasteiger partial charge on any atom is -0.345 e. The van der Waals surface area contributed by atoms with Crippen molar-refractivity contribution in [2.24, 2.45) is 0 Å². The van der Waals surface area contributed by atoms with Gasteiger partial charge in [0, 0.05) is 5.02 Å². The van der Waals surface area contributed by atoms with E-state index in [0.29, 0.717) is 15.6 Å². The fraction of sp³-hybridized carbons (Fsp3) is 0.316. The molecule has 1 atom stereocenters. The van der Waals surface area contributed by atoms with Gasteiger partial charge in [-0.1, -0.05) is 68.2 Å². The number of hydrogen-bond donors (Lipinski definition) is 1. The third-order valence-corrected chi connectivity index (χ3v) is 4.35. The molecule has 4 heteroatoms. The molecule has 1 N–H and O–H groups in total. The van der Waals surface area contributed by atoms with Crippen molar-refractivity contribution in [2.45, 2.75) is 39.2 Å². The van der Waals surface area contributed by atoms with E-state index < -0.39 is 0 Å². The van der Waals surface area contributed by atoms with E-state index in [-0.39, 0.29) is 17.4 Å². The van der Waals surface area contributed by atoms with E-state index in [1.165, 1.54) is 5.56 Å². The van der Waals surface area contributed by atoms with Crippen molar-refractivity contribution in [3.05, 3.63) is 69.2 Å². The maximum Gasteiger partial charge on any atom is 0.253 e. The molecular formula is C19H21Cl2NO. The lowest BCUT2D eigenvalue weighted by Gasteiger charge is -2.21. The Morgan fingerprint density at radius 3 is 2.17 bits per heavy atom. The number of carbonyl (C=O) groups excluding carboxylic acids is 1. The molecule has 0 bridgehead atoms. The Labute approximate surface area is 147 Å². The summed E-state index contributed by atoms with van der Waals surface area (Å²) in [6.45, 7) is 8.48. The molecule has 122 valence electrons. The average Bonchev–Trinajstić information content (AvgIpc) is 2.46. The van der Waals surface area contributed by atoms with Gasteiger partial charge in [-0.3, -0.25) is 4.79 Å². The molecule has 23 heavy (non-hydrogen) atoms. The molecule has 2 aromatic rings. The monoisotopic (exact) mass is 349 g/mol. The molecule has 1 amide bonds. The van der Waals surface area contributed by atoms with E-state index in [1.807, 2.05) is 6.92 Å². The predicted octanol–water partition coefficient (Wildman–Crippen LogP) is 5.78. The van der Waals surface area contributed by atoms with Gasteiger partial charge >= 0.3 is 0 Å². The Bertz CT molecular complexity index is 702. The zero-order valence-electron chi connectivity index (χ0n) is 13.8. The molecule has 0 heterocycles. The molecule has 0 aliphatic carbocycles. The van der Waals surface area contributed by atoms with Gasteiger partial charge in [-0.05, 0) is 41.7 Å². The quantitative estimate of drug-likeness (QED) is 0.747. The number of amides is 1. The van der Waals surface area contributed by atoms with Crippen LogP contribution < -0.4 is 5.32 Å². The summed E-state index contributed by atoms with van der Waals surface area (Å²) in [5.74, 6) is -0.209. The van der Waals surface area contributed by atoms with Gasteiger partial charge in [0.2, 0.25) is 0 Å². The smallest absolute Gasteiger partial charge is 0.253 e. The Kier molecular flexibility index (Phi) is 5.38. The van der Waals surface area contributed by atoms with E-state index in [0.717, 1.165) is 5.56 Å². The van der Waals surface area contributed by atoms with Crippen LogP contribution in [0.2, 0.25) is 10.0 Å². The van der Waals surface area contributed by atoms with Crippen molar-refractivity contribution in [3.8, 4) is 0 Å². The highest BCUT2D eigenvalue weighted by atomic mass is 35.5. The number of carbonyl (C=O) groups is 1. The van der Waals surface area contributed by atoms with Crippen LogP contribution in [-0.4, -0.2) is 5.91 Å². The van der Waals surface area contributed by atoms with Crippen LogP contribution in [0.3, 0.4) is 0 Å². The highest BCUT2D eigenvalue weighted by Gasteiger charge is 2.16. The average molecular weight is 350 g/mol. The van der Waals surface area contributed by atoms with Crippen LogP contribution in [0.15, 0.2) is 42.5 Å². The summed E-state index contributed by atoms with van der Waals surface area (Å²) in [5, 5.41) is 3.83. The first-order valence-corrected chi connectivity index (χ1v) is 8.30. The van der Waals surface area contributed by atoms with Crippen LogP contribution in [0.1, 0.15) is 55.2 Å². The Balaban J connectivity index is 2.12. The molecule has 0 aromatic heterocycles. The molecule has 0 unspecified atom stereocenters. The molecule has 0 aliphatic rings. The van der Waals surface area contributed by atoms with E-state index in [1.54, 1.807) is 18.2 Å². The van der Waals surface area contributed by atoms with Crippen molar-refractivity contribution >= 4 is 29.1 Å². The summed E-state index contributed by atoms with van der Waals surface area (Å²) in [4.78, 5) is 12.3. The summed E-state index contributed by atoms with van der Waals surface area (Å²) in [5.41, 5.74) is 2.85. The lowest BCUT2D eigenvalue weighted by Crippen LogP contribution is -2.27. The lowest BCUT2D eigenvalue weighted by molar-refractivity contribution is 0.0940. The number of hydrogen-bond acceptors (Lipinski definition) is 1. The normalized spacial score (nSPS) is 12.8. The molecule has 0 spiro atoms. The van der Waals surface area contributed by atoms with Crippen molar-refractivity contribution in [1.82, 2.24) is 5.32 Å². The van der Waals surface area contributed by atoms with E-state index in [4.69, 9.17) is 23.2 Å². The SMILES string of the molecule is C[C@@H](NC(=O)c1ccc(Cl)cc1Cl)c1ccc(C(C)(C)C)cc1. The third-order valence-electron chi connectivity index (χ3n) is 3.80.